The Morgan fingerprint density at radius 2 is 1.65 bits per heavy atom. The van der Waals surface area contributed by atoms with Crippen molar-refractivity contribution in [2.45, 2.75) is 40.3 Å². The molecule has 0 bridgehead atoms. The van der Waals surface area contributed by atoms with E-state index in [1.807, 2.05) is 26.0 Å². The van der Waals surface area contributed by atoms with E-state index in [9.17, 15) is 4.79 Å². The van der Waals surface area contributed by atoms with Crippen molar-refractivity contribution in [2.24, 2.45) is 0 Å². The van der Waals surface area contributed by atoms with Crippen LogP contribution in [0.3, 0.4) is 0 Å². The van der Waals surface area contributed by atoms with E-state index >= 15 is 0 Å². The minimum absolute atomic E-state index is 0. The number of allylic oxidation sites excluding steroid dienone is 4. The maximum absolute atomic E-state index is 12.6. The Hall–Kier alpha value is -0.319. The number of amides is 1. The smallest absolute Gasteiger partial charge is 1.00 e. The predicted octanol–water partition coefficient (Wildman–Crippen LogP) is -2.21. The Morgan fingerprint density at radius 1 is 1.09 bits per heavy atom. The van der Waals surface area contributed by atoms with Crippen molar-refractivity contribution in [3.8, 4) is 0 Å². The van der Waals surface area contributed by atoms with Gasteiger partial charge in [0.1, 0.15) is 0 Å². The molecule has 0 aromatic heterocycles. The van der Waals surface area contributed by atoms with Crippen LogP contribution in [0.15, 0.2) is 39.8 Å². The summed E-state index contributed by atoms with van der Waals surface area (Å²) in [6.45, 7) is 10.1. The zero-order valence-electron chi connectivity index (χ0n) is 14.3. The van der Waals surface area contributed by atoms with Gasteiger partial charge >= 0.3 is 135 Å². The van der Waals surface area contributed by atoms with Crippen molar-refractivity contribution >= 4 is 12.6 Å². The minimum atomic E-state index is -1.62. The van der Waals surface area contributed by atoms with Crippen LogP contribution < -0.4 is 28.6 Å². The van der Waals surface area contributed by atoms with Gasteiger partial charge in [-0.05, 0) is 0 Å². The topological polar surface area (TPSA) is 29.1 Å². The summed E-state index contributed by atoms with van der Waals surface area (Å²) in [4.78, 5) is 12.6. The molecule has 1 N–H and O–H groups in total. The second kappa shape index (κ2) is 9.85. The van der Waals surface area contributed by atoms with Crippen LogP contribution >= 0.6 is 0 Å². The summed E-state index contributed by atoms with van der Waals surface area (Å²) in [5.74, 6) is 0.128. The van der Waals surface area contributed by atoms with Crippen LogP contribution in [0.1, 0.15) is 34.8 Å². The normalized spacial score (nSPS) is 12.8. The van der Waals surface area contributed by atoms with Crippen molar-refractivity contribution in [3.63, 3.8) is 0 Å². The number of hydrogen-bond acceptors (Lipinski definition) is 1. The third-order valence-electron chi connectivity index (χ3n) is 3.70. The summed E-state index contributed by atoms with van der Waals surface area (Å²) in [5, 5.41) is 0. The fourth-order valence-corrected chi connectivity index (χ4v) is 11.9. The van der Waals surface area contributed by atoms with Crippen molar-refractivity contribution < 1.29 is 47.0 Å². The molecular formula is C17H24Cl2NOSiTi. The summed E-state index contributed by atoms with van der Waals surface area (Å²) in [5.41, 5.74) is 4.47. The predicted molar refractivity (Wildman–Crippen MR) is 88.7 cm³/mol. The van der Waals surface area contributed by atoms with Crippen LogP contribution in [0.2, 0.25) is 13.1 Å². The van der Waals surface area contributed by atoms with Crippen LogP contribution in [-0.2, 0) is 17.4 Å². The molecule has 0 heterocycles. The Balaban J connectivity index is 0.00000242. The molecule has 2 nitrogen and oxygen atoms in total. The Kier molecular flexibility index (Phi) is 9.71. The number of carbonyl (C=O) groups excluding carboxylic acids is 1. The van der Waals surface area contributed by atoms with E-state index in [1.54, 1.807) is 0 Å². The van der Waals surface area contributed by atoms with Gasteiger partial charge in [-0.25, -0.2) is 0 Å². The molecule has 1 aromatic carbocycles. The summed E-state index contributed by atoms with van der Waals surface area (Å²) in [7, 11) is 0. The van der Waals surface area contributed by atoms with Gasteiger partial charge in [0.2, 0.25) is 0 Å². The molecule has 1 aromatic rings. The molecule has 1 aliphatic carbocycles. The van der Waals surface area contributed by atoms with Crippen LogP contribution in [0, 0.1) is 13.8 Å². The largest absolute Gasteiger partial charge is 1.00 e. The van der Waals surface area contributed by atoms with E-state index in [0.717, 1.165) is 23.1 Å². The average molecular weight is 405 g/mol. The van der Waals surface area contributed by atoms with E-state index in [4.69, 9.17) is 0 Å². The Bertz CT molecular complexity index is 609. The minimum Gasteiger partial charge on any atom is -1.00 e. The second-order valence-corrected chi connectivity index (χ2v) is 19.0. The zero-order valence-corrected chi connectivity index (χ0v) is 18.6. The summed E-state index contributed by atoms with van der Waals surface area (Å²) >= 11 is -1.62. The molecular weight excluding hydrogens is 381 g/mol. The molecule has 23 heavy (non-hydrogen) atoms. The number of benzene rings is 1. The van der Waals surface area contributed by atoms with Gasteiger partial charge in [-0.15, -0.1) is 0 Å². The zero-order chi connectivity index (χ0) is 15.6. The molecule has 0 spiro atoms. The molecule has 0 atom stereocenters. The quantitative estimate of drug-likeness (QED) is 0.566. The molecule has 6 heteroatoms. The monoisotopic (exact) mass is 404 g/mol. The van der Waals surface area contributed by atoms with Gasteiger partial charge < -0.3 is 24.8 Å². The van der Waals surface area contributed by atoms with Gasteiger partial charge in [0.05, 0.1) is 0 Å². The van der Waals surface area contributed by atoms with E-state index in [1.165, 1.54) is 9.45 Å². The van der Waals surface area contributed by atoms with E-state index < -0.39 is 24.0 Å². The molecule has 1 aliphatic rings. The first-order valence-corrected chi connectivity index (χ1v) is 14.7. The third kappa shape index (κ3) is 6.24. The van der Waals surface area contributed by atoms with Gasteiger partial charge in [-0.1, -0.05) is 0 Å². The molecule has 2 rings (SSSR count). The van der Waals surface area contributed by atoms with Crippen LogP contribution in [0.5, 0.6) is 0 Å². The van der Waals surface area contributed by atoms with Crippen molar-refractivity contribution in [2.75, 3.05) is 0 Å². The maximum Gasteiger partial charge on any atom is -1.00 e. The number of nitrogens with one attached hydrogen (secondary N) is 1. The summed E-state index contributed by atoms with van der Waals surface area (Å²) in [6.07, 6.45) is 5.64. The van der Waals surface area contributed by atoms with Gasteiger partial charge in [0, 0.05) is 0 Å². The summed E-state index contributed by atoms with van der Waals surface area (Å²) < 4.78 is 4.97. The van der Waals surface area contributed by atoms with E-state index in [0.29, 0.717) is 0 Å². The van der Waals surface area contributed by atoms with Gasteiger partial charge in [-0.3, -0.25) is 0 Å². The standard InChI is InChI=1S/C9H11NO.C6H7.C2H7Si.2ClH.Ti/c1-6-3-7(2)5-8(4-6)9(10)11;1-6-4-2-3-5-6;1-3-2;;;/h3-5H,1-2H3,(H2,10,11);4-5H,2H2,1H3;3H,1-2H3;2*1H;/q;;;;;+3/p-3. The summed E-state index contributed by atoms with van der Waals surface area (Å²) in [6, 6.07) is 6.09. The Morgan fingerprint density at radius 3 is 2.09 bits per heavy atom. The van der Waals surface area contributed by atoms with Crippen LogP contribution in [0.4, 0.5) is 0 Å². The first-order chi connectivity index (χ1) is 9.86. The third-order valence-corrected chi connectivity index (χ3v) is 14.8. The van der Waals surface area contributed by atoms with E-state index in [-0.39, 0.29) is 30.7 Å². The molecule has 0 radical (unpaired) electrons. The maximum atomic E-state index is 12.6. The SMILES string of the molecule is CC1=CC[C]([Ti+2]([NH]C(=O)c2cc(C)cc(C)c2)[SiH](C)C)=C1.[Cl-].[Cl-]. The van der Waals surface area contributed by atoms with Crippen molar-refractivity contribution in [3.05, 3.63) is 56.5 Å². The van der Waals surface area contributed by atoms with Crippen LogP contribution in [0.25, 0.3) is 0 Å². The molecule has 0 aliphatic heterocycles. The van der Waals surface area contributed by atoms with Crippen molar-refractivity contribution in [1.29, 1.82) is 0 Å². The molecule has 0 saturated carbocycles. The van der Waals surface area contributed by atoms with Gasteiger partial charge in [0.15, 0.2) is 0 Å². The fourth-order valence-electron chi connectivity index (χ4n) is 2.75. The number of rotatable bonds is 4. The first kappa shape index (κ1) is 22.7. The molecule has 0 saturated heterocycles. The number of hydrogen-bond donors (Lipinski definition) is 1. The fraction of sp³-hybridized carbons (Fsp3) is 0.353. The molecule has 0 fully saturated rings. The average Bonchev–Trinajstić information content (AvgIpc) is 2.80. The first-order valence-electron chi connectivity index (χ1n) is 7.51. The molecule has 1 amide bonds. The van der Waals surface area contributed by atoms with Crippen LogP contribution in [-0.4, -0.2) is 12.6 Å². The second-order valence-electron chi connectivity index (χ2n) is 6.22. The van der Waals surface area contributed by atoms with Gasteiger partial charge in [-0.2, -0.15) is 0 Å². The molecule has 125 valence electrons. The number of carbonyl (C=O) groups is 1. The number of aryl methyl sites for hydroxylation is 2. The Labute approximate surface area is 159 Å². The van der Waals surface area contributed by atoms with Crippen molar-refractivity contribution in [1.82, 2.24) is 3.80 Å². The molecule has 0 unspecified atom stereocenters. The van der Waals surface area contributed by atoms with Gasteiger partial charge in [0.25, 0.3) is 0 Å². The van der Waals surface area contributed by atoms with E-state index in [2.05, 4.69) is 42.0 Å². The number of halogens is 2.